The van der Waals surface area contributed by atoms with E-state index in [2.05, 4.69) is 4.98 Å². The average Bonchev–Trinajstić information content (AvgIpc) is 2.38. The first-order valence-electron chi connectivity index (χ1n) is 5.69. The molecular formula is C14H16N4. The fraction of sp³-hybridized carbons (Fsp3) is 0.143. The molecule has 0 saturated carbocycles. The van der Waals surface area contributed by atoms with Gasteiger partial charge in [-0.05, 0) is 31.2 Å². The monoisotopic (exact) mass is 240 g/mol. The van der Waals surface area contributed by atoms with Gasteiger partial charge in [0.05, 0.1) is 0 Å². The van der Waals surface area contributed by atoms with Crippen LogP contribution in [0.4, 0.5) is 11.4 Å². The third-order valence-corrected chi connectivity index (χ3v) is 2.81. The molecule has 0 atom stereocenters. The Morgan fingerprint density at radius 3 is 2.61 bits per heavy atom. The van der Waals surface area contributed by atoms with E-state index >= 15 is 0 Å². The van der Waals surface area contributed by atoms with Crippen molar-refractivity contribution in [1.29, 1.82) is 5.41 Å². The SMILES string of the molecule is Cc1cc(N(C)c2cccc(C(=N)N)c2)ccn1. The van der Waals surface area contributed by atoms with Gasteiger partial charge in [-0.1, -0.05) is 12.1 Å². The van der Waals surface area contributed by atoms with Gasteiger partial charge in [-0.15, -0.1) is 0 Å². The van der Waals surface area contributed by atoms with Gasteiger partial charge in [0.25, 0.3) is 0 Å². The molecule has 0 spiro atoms. The van der Waals surface area contributed by atoms with E-state index < -0.39 is 0 Å². The maximum Gasteiger partial charge on any atom is 0.122 e. The van der Waals surface area contributed by atoms with Crippen LogP contribution in [0.25, 0.3) is 0 Å². The molecule has 18 heavy (non-hydrogen) atoms. The first-order chi connectivity index (χ1) is 8.58. The van der Waals surface area contributed by atoms with Crippen molar-refractivity contribution >= 4 is 17.2 Å². The summed E-state index contributed by atoms with van der Waals surface area (Å²) in [6.07, 6.45) is 1.79. The minimum absolute atomic E-state index is 0.0798. The van der Waals surface area contributed by atoms with Gasteiger partial charge in [0.2, 0.25) is 0 Å². The van der Waals surface area contributed by atoms with Crippen molar-refractivity contribution in [2.45, 2.75) is 6.92 Å². The van der Waals surface area contributed by atoms with Gasteiger partial charge in [-0.3, -0.25) is 10.4 Å². The Morgan fingerprint density at radius 1 is 1.22 bits per heavy atom. The highest BCUT2D eigenvalue weighted by molar-refractivity contribution is 5.96. The van der Waals surface area contributed by atoms with Crippen molar-refractivity contribution < 1.29 is 0 Å². The summed E-state index contributed by atoms with van der Waals surface area (Å²) in [5, 5.41) is 7.46. The van der Waals surface area contributed by atoms with E-state index in [0.717, 1.165) is 22.6 Å². The minimum atomic E-state index is 0.0798. The molecular weight excluding hydrogens is 224 g/mol. The number of benzene rings is 1. The zero-order chi connectivity index (χ0) is 13.1. The molecule has 0 radical (unpaired) electrons. The van der Waals surface area contributed by atoms with Crippen LogP contribution < -0.4 is 10.6 Å². The van der Waals surface area contributed by atoms with Crippen molar-refractivity contribution in [1.82, 2.24) is 4.98 Å². The number of anilines is 2. The molecule has 0 aliphatic carbocycles. The fourth-order valence-corrected chi connectivity index (χ4v) is 1.77. The Balaban J connectivity index is 2.36. The summed E-state index contributed by atoms with van der Waals surface area (Å²) >= 11 is 0. The molecule has 1 heterocycles. The number of nitrogens with one attached hydrogen (secondary N) is 1. The number of pyridine rings is 1. The average molecular weight is 240 g/mol. The van der Waals surface area contributed by atoms with E-state index in [1.54, 1.807) is 6.20 Å². The molecule has 0 bridgehead atoms. The molecule has 3 N–H and O–H groups in total. The van der Waals surface area contributed by atoms with Crippen LogP contribution in [0.5, 0.6) is 0 Å². The fourth-order valence-electron chi connectivity index (χ4n) is 1.77. The molecule has 2 aromatic rings. The lowest BCUT2D eigenvalue weighted by Gasteiger charge is -2.20. The maximum absolute atomic E-state index is 7.46. The Kier molecular flexibility index (Phi) is 3.28. The molecule has 1 aromatic heterocycles. The van der Waals surface area contributed by atoms with Gasteiger partial charge in [0.1, 0.15) is 5.84 Å². The van der Waals surface area contributed by atoms with E-state index in [9.17, 15) is 0 Å². The quantitative estimate of drug-likeness (QED) is 0.639. The van der Waals surface area contributed by atoms with E-state index in [4.69, 9.17) is 11.1 Å². The predicted molar refractivity (Wildman–Crippen MR) is 74.5 cm³/mol. The van der Waals surface area contributed by atoms with Gasteiger partial charge < -0.3 is 10.6 Å². The van der Waals surface area contributed by atoms with Crippen molar-refractivity contribution in [2.75, 3.05) is 11.9 Å². The third-order valence-electron chi connectivity index (χ3n) is 2.81. The summed E-state index contributed by atoms with van der Waals surface area (Å²) in [5.41, 5.74) is 9.25. The predicted octanol–water partition coefficient (Wildman–Crippen LogP) is 2.44. The number of nitrogens with two attached hydrogens (primary N) is 1. The Hall–Kier alpha value is -2.36. The Labute approximate surface area is 107 Å². The zero-order valence-corrected chi connectivity index (χ0v) is 10.5. The number of nitrogens with zero attached hydrogens (tertiary/aromatic N) is 2. The summed E-state index contributed by atoms with van der Waals surface area (Å²) in [5.74, 6) is 0.0798. The number of amidine groups is 1. The highest BCUT2D eigenvalue weighted by Crippen LogP contribution is 2.24. The second-order valence-electron chi connectivity index (χ2n) is 4.18. The molecule has 0 saturated heterocycles. The molecule has 0 unspecified atom stereocenters. The second-order valence-corrected chi connectivity index (χ2v) is 4.18. The van der Waals surface area contributed by atoms with E-state index in [-0.39, 0.29) is 5.84 Å². The Morgan fingerprint density at radius 2 is 1.94 bits per heavy atom. The van der Waals surface area contributed by atoms with Crippen LogP contribution in [0.1, 0.15) is 11.3 Å². The molecule has 0 aliphatic heterocycles. The summed E-state index contributed by atoms with van der Waals surface area (Å²) in [6, 6.07) is 11.6. The summed E-state index contributed by atoms with van der Waals surface area (Å²) in [7, 11) is 1.98. The molecule has 92 valence electrons. The standard InChI is InChI=1S/C14H16N4/c1-10-8-13(6-7-17-10)18(2)12-5-3-4-11(9-12)14(15)16/h3-9H,1-2H3,(H3,15,16). The van der Waals surface area contributed by atoms with Crippen LogP contribution in [0.15, 0.2) is 42.6 Å². The number of nitrogen functional groups attached to an aromatic ring is 1. The van der Waals surface area contributed by atoms with E-state index in [0.29, 0.717) is 0 Å². The summed E-state index contributed by atoms with van der Waals surface area (Å²) < 4.78 is 0. The second kappa shape index (κ2) is 4.87. The summed E-state index contributed by atoms with van der Waals surface area (Å²) in [6.45, 7) is 1.96. The molecule has 0 amide bonds. The first kappa shape index (κ1) is 12.1. The van der Waals surface area contributed by atoms with Crippen molar-refractivity contribution in [3.63, 3.8) is 0 Å². The largest absolute Gasteiger partial charge is 0.384 e. The smallest absolute Gasteiger partial charge is 0.122 e. The van der Waals surface area contributed by atoms with Crippen molar-refractivity contribution in [2.24, 2.45) is 5.73 Å². The lowest BCUT2D eigenvalue weighted by Crippen LogP contribution is -2.14. The molecule has 0 fully saturated rings. The van der Waals surface area contributed by atoms with Gasteiger partial charge in [0, 0.05) is 35.9 Å². The molecule has 1 aromatic carbocycles. The first-order valence-corrected chi connectivity index (χ1v) is 5.69. The zero-order valence-electron chi connectivity index (χ0n) is 10.5. The van der Waals surface area contributed by atoms with Crippen molar-refractivity contribution in [3.8, 4) is 0 Å². The topological polar surface area (TPSA) is 66.0 Å². The van der Waals surface area contributed by atoms with Gasteiger partial charge in [0.15, 0.2) is 0 Å². The molecule has 2 rings (SSSR count). The Bertz CT molecular complexity index is 578. The normalized spacial score (nSPS) is 10.1. The van der Waals surface area contributed by atoms with Crippen LogP contribution in [0.2, 0.25) is 0 Å². The van der Waals surface area contributed by atoms with Crippen LogP contribution >= 0.6 is 0 Å². The minimum Gasteiger partial charge on any atom is -0.384 e. The number of hydrogen-bond donors (Lipinski definition) is 2. The molecule has 4 heteroatoms. The van der Waals surface area contributed by atoms with Crippen LogP contribution in [-0.4, -0.2) is 17.9 Å². The van der Waals surface area contributed by atoms with E-state index in [1.807, 2.05) is 55.3 Å². The lowest BCUT2D eigenvalue weighted by molar-refractivity contribution is 1.14. The maximum atomic E-state index is 7.46. The van der Waals surface area contributed by atoms with Crippen LogP contribution in [0, 0.1) is 12.3 Å². The summed E-state index contributed by atoms with van der Waals surface area (Å²) in [4.78, 5) is 6.22. The molecule has 0 aliphatic rings. The lowest BCUT2D eigenvalue weighted by atomic mass is 10.1. The van der Waals surface area contributed by atoms with Crippen LogP contribution in [0.3, 0.4) is 0 Å². The number of aryl methyl sites for hydroxylation is 1. The molecule has 4 nitrogen and oxygen atoms in total. The van der Waals surface area contributed by atoms with Gasteiger partial charge in [-0.25, -0.2) is 0 Å². The number of aromatic nitrogens is 1. The van der Waals surface area contributed by atoms with E-state index in [1.165, 1.54) is 0 Å². The highest BCUT2D eigenvalue weighted by atomic mass is 15.1. The third kappa shape index (κ3) is 2.48. The highest BCUT2D eigenvalue weighted by Gasteiger charge is 2.06. The van der Waals surface area contributed by atoms with Gasteiger partial charge in [-0.2, -0.15) is 0 Å². The van der Waals surface area contributed by atoms with Gasteiger partial charge >= 0.3 is 0 Å². The number of hydrogen-bond acceptors (Lipinski definition) is 3. The van der Waals surface area contributed by atoms with Crippen molar-refractivity contribution in [3.05, 3.63) is 53.9 Å². The van der Waals surface area contributed by atoms with Crippen LogP contribution in [-0.2, 0) is 0 Å². The number of rotatable bonds is 3.